The largest absolute Gasteiger partial charge is 0.396 e. The van der Waals surface area contributed by atoms with E-state index in [-0.39, 0.29) is 5.82 Å². The van der Waals surface area contributed by atoms with Gasteiger partial charge in [0.25, 0.3) is 5.82 Å². The second-order valence-electron chi connectivity index (χ2n) is 2.97. The number of hydrogen-bond donors (Lipinski definition) is 1. The molecule has 2 aromatic rings. The normalized spacial score (nSPS) is 9.38. The highest BCUT2D eigenvalue weighted by atomic mass is 15.3. The number of nitriles is 2. The highest BCUT2D eigenvalue weighted by molar-refractivity contribution is 5.66. The second kappa shape index (κ2) is 3.71. The highest BCUT2D eigenvalue weighted by Crippen LogP contribution is 2.19. The van der Waals surface area contributed by atoms with Crippen LogP contribution in [-0.2, 0) is 0 Å². The van der Waals surface area contributed by atoms with Crippen molar-refractivity contribution in [3.63, 3.8) is 0 Å². The number of aromatic nitrogens is 3. The minimum atomic E-state index is 0.0572. The first kappa shape index (κ1) is 9.69. The molecule has 0 spiro atoms. The Morgan fingerprint density at radius 2 is 2.06 bits per heavy atom. The lowest BCUT2D eigenvalue weighted by atomic mass is 10.1. The van der Waals surface area contributed by atoms with Gasteiger partial charge in [0.1, 0.15) is 18.5 Å². The molecule has 0 aliphatic heterocycles. The smallest absolute Gasteiger partial charge is 0.252 e. The molecule has 1 aromatic heterocycles. The molecule has 6 heteroatoms. The number of nitrogens with two attached hydrogens (primary N) is 1. The fourth-order valence-electron chi connectivity index (χ4n) is 1.28. The maximum absolute atomic E-state index is 8.81. The third kappa shape index (κ3) is 1.45. The lowest BCUT2D eigenvalue weighted by molar-refractivity contribution is 0.874. The maximum atomic E-state index is 8.81. The summed E-state index contributed by atoms with van der Waals surface area (Å²) in [5, 5.41) is 21.3. The fraction of sp³-hybridized carbons (Fsp3) is 0. The SMILES string of the molecule is N#Cc1ncn(-c2cccc(C#N)c2N)n1. The molecule has 0 bridgehead atoms. The Kier molecular flexibility index (Phi) is 2.25. The molecule has 16 heavy (non-hydrogen) atoms. The minimum absolute atomic E-state index is 0.0572. The molecule has 1 heterocycles. The summed E-state index contributed by atoms with van der Waals surface area (Å²) >= 11 is 0. The van der Waals surface area contributed by atoms with Crippen LogP contribution in [0.25, 0.3) is 5.69 Å². The lowest BCUT2D eigenvalue weighted by Crippen LogP contribution is -2.02. The Hall–Kier alpha value is -2.86. The van der Waals surface area contributed by atoms with E-state index in [1.807, 2.05) is 12.1 Å². The van der Waals surface area contributed by atoms with Gasteiger partial charge in [0.05, 0.1) is 16.9 Å². The van der Waals surface area contributed by atoms with Crippen LogP contribution in [-0.4, -0.2) is 14.8 Å². The first-order chi connectivity index (χ1) is 7.76. The van der Waals surface area contributed by atoms with Crippen molar-refractivity contribution < 1.29 is 0 Å². The van der Waals surface area contributed by atoms with Crippen molar-refractivity contribution in [2.24, 2.45) is 0 Å². The molecule has 0 unspecified atom stereocenters. The van der Waals surface area contributed by atoms with Crippen molar-refractivity contribution in [3.8, 4) is 17.8 Å². The third-order valence-corrected chi connectivity index (χ3v) is 2.04. The molecule has 0 aliphatic rings. The standard InChI is InChI=1S/C10H6N6/c11-4-7-2-1-3-8(10(7)13)16-6-14-9(5-12)15-16/h1-3,6H,13H2. The molecule has 2 N–H and O–H groups in total. The monoisotopic (exact) mass is 210 g/mol. The molecular weight excluding hydrogens is 204 g/mol. The predicted octanol–water partition coefficient (Wildman–Crippen LogP) is 0.593. The van der Waals surface area contributed by atoms with Crippen molar-refractivity contribution in [2.45, 2.75) is 0 Å². The van der Waals surface area contributed by atoms with Crippen LogP contribution in [0.3, 0.4) is 0 Å². The van der Waals surface area contributed by atoms with Gasteiger partial charge >= 0.3 is 0 Å². The summed E-state index contributed by atoms with van der Waals surface area (Å²) in [6.07, 6.45) is 1.38. The molecule has 0 amide bonds. The van der Waals surface area contributed by atoms with Crippen LogP contribution in [0.1, 0.15) is 11.4 Å². The van der Waals surface area contributed by atoms with Gasteiger partial charge in [0, 0.05) is 0 Å². The number of anilines is 1. The Balaban J connectivity index is 2.58. The summed E-state index contributed by atoms with van der Waals surface area (Å²) in [5.74, 6) is 0.0572. The summed E-state index contributed by atoms with van der Waals surface area (Å²) in [6.45, 7) is 0. The second-order valence-corrected chi connectivity index (χ2v) is 2.97. The van der Waals surface area contributed by atoms with Gasteiger partial charge in [-0.15, -0.1) is 5.10 Å². The molecule has 0 saturated carbocycles. The summed E-state index contributed by atoms with van der Waals surface area (Å²) in [4.78, 5) is 3.76. The topological polar surface area (TPSA) is 104 Å². The van der Waals surface area contributed by atoms with Gasteiger partial charge < -0.3 is 5.73 Å². The summed E-state index contributed by atoms with van der Waals surface area (Å²) in [6, 6.07) is 8.80. The molecule has 0 radical (unpaired) electrons. The van der Waals surface area contributed by atoms with Crippen LogP contribution in [0.15, 0.2) is 24.5 Å². The Morgan fingerprint density at radius 1 is 1.25 bits per heavy atom. The zero-order valence-corrected chi connectivity index (χ0v) is 8.12. The highest BCUT2D eigenvalue weighted by Gasteiger charge is 2.08. The van der Waals surface area contributed by atoms with E-state index in [2.05, 4.69) is 10.1 Å². The Labute approximate surface area is 91.2 Å². The van der Waals surface area contributed by atoms with E-state index in [0.717, 1.165) is 0 Å². The first-order valence-electron chi connectivity index (χ1n) is 4.37. The van der Waals surface area contributed by atoms with Gasteiger partial charge in [-0.3, -0.25) is 0 Å². The number of nitrogen functional groups attached to an aromatic ring is 1. The van der Waals surface area contributed by atoms with Gasteiger partial charge in [-0.25, -0.2) is 9.67 Å². The molecule has 0 atom stereocenters. The number of benzene rings is 1. The van der Waals surface area contributed by atoms with E-state index in [9.17, 15) is 0 Å². The van der Waals surface area contributed by atoms with E-state index in [0.29, 0.717) is 16.9 Å². The van der Waals surface area contributed by atoms with Crippen LogP contribution in [0.4, 0.5) is 5.69 Å². The van der Waals surface area contributed by atoms with E-state index in [4.69, 9.17) is 16.3 Å². The minimum Gasteiger partial charge on any atom is -0.396 e. The lowest BCUT2D eigenvalue weighted by Gasteiger charge is -2.05. The van der Waals surface area contributed by atoms with Crippen LogP contribution < -0.4 is 5.73 Å². The number of hydrogen-bond acceptors (Lipinski definition) is 5. The number of nitrogens with zero attached hydrogens (tertiary/aromatic N) is 5. The maximum Gasteiger partial charge on any atom is 0.252 e. The van der Waals surface area contributed by atoms with Gasteiger partial charge in [0.2, 0.25) is 0 Å². The van der Waals surface area contributed by atoms with E-state index in [1.54, 1.807) is 18.2 Å². The first-order valence-corrected chi connectivity index (χ1v) is 4.37. The summed E-state index contributed by atoms with van der Waals surface area (Å²) < 4.78 is 1.37. The molecule has 0 saturated heterocycles. The molecule has 0 fully saturated rings. The predicted molar refractivity (Wildman–Crippen MR) is 55.2 cm³/mol. The van der Waals surface area contributed by atoms with Gasteiger partial charge in [0.15, 0.2) is 0 Å². The summed E-state index contributed by atoms with van der Waals surface area (Å²) in [7, 11) is 0. The molecule has 76 valence electrons. The molecule has 0 aliphatic carbocycles. The molecule has 2 rings (SSSR count). The van der Waals surface area contributed by atoms with Crippen molar-refractivity contribution in [3.05, 3.63) is 35.9 Å². The average Bonchev–Trinajstić information content (AvgIpc) is 2.78. The van der Waals surface area contributed by atoms with Gasteiger partial charge in [-0.1, -0.05) is 6.07 Å². The zero-order valence-electron chi connectivity index (χ0n) is 8.12. The zero-order chi connectivity index (χ0) is 11.5. The van der Waals surface area contributed by atoms with Crippen LogP contribution >= 0.6 is 0 Å². The molecular formula is C10H6N6. The molecule has 6 nitrogen and oxygen atoms in total. The Bertz CT molecular complexity index is 613. The van der Waals surface area contributed by atoms with Gasteiger partial charge in [-0.2, -0.15) is 10.5 Å². The van der Waals surface area contributed by atoms with E-state index < -0.39 is 0 Å². The fourth-order valence-corrected chi connectivity index (χ4v) is 1.28. The van der Waals surface area contributed by atoms with Crippen LogP contribution in [0, 0.1) is 22.7 Å². The molecule has 1 aromatic carbocycles. The summed E-state index contributed by atoms with van der Waals surface area (Å²) in [5.41, 5.74) is 7.00. The van der Waals surface area contributed by atoms with Crippen molar-refractivity contribution in [1.29, 1.82) is 10.5 Å². The number of rotatable bonds is 1. The van der Waals surface area contributed by atoms with Crippen molar-refractivity contribution in [1.82, 2.24) is 14.8 Å². The quantitative estimate of drug-likeness (QED) is 0.693. The van der Waals surface area contributed by atoms with Crippen LogP contribution in [0.5, 0.6) is 0 Å². The van der Waals surface area contributed by atoms with E-state index in [1.165, 1.54) is 11.0 Å². The average molecular weight is 210 g/mol. The van der Waals surface area contributed by atoms with Crippen molar-refractivity contribution in [2.75, 3.05) is 5.73 Å². The number of para-hydroxylation sites is 1. The van der Waals surface area contributed by atoms with Crippen LogP contribution in [0.2, 0.25) is 0 Å². The van der Waals surface area contributed by atoms with E-state index >= 15 is 0 Å². The third-order valence-electron chi connectivity index (χ3n) is 2.04. The Morgan fingerprint density at radius 3 is 2.69 bits per heavy atom. The van der Waals surface area contributed by atoms with Gasteiger partial charge in [-0.05, 0) is 12.1 Å². The van der Waals surface area contributed by atoms with Crippen molar-refractivity contribution >= 4 is 5.69 Å².